The first-order valence-corrected chi connectivity index (χ1v) is 6.94. The highest BCUT2D eigenvalue weighted by Crippen LogP contribution is 2.25. The summed E-state index contributed by atoms with van der Waals surface area (Å²) in [6.45, 7) is 9.19. The molecule has 1 fully saturated rings. The lowest BCUT2D eigenvalue weighted by Crippen LogP contribution is -2.54. The van der Waals surface area contributed by atoms with Crippen molar-refractivity contribution < 1.29 is 4.79 Å². The number of hydrogen-bond acceptors (Lipinski definition) is 2. The predicted octanol–water partition coefficient (Wildman–Crippen LogP) is 2.54. The summed E-state index contributed by atoms with van der Waals surface area (Å²) in [4.78, 5) is 14.5. The molecular formula is C14H28N2O. The standard InChI is InChI=1S/C14H28N2O/c1-5-8-11-9-6-7-10-16(11)13(17)12(15)14(2,3)4/h11-12H,5-10,15H2,1-4H3/t11?,12-/m0/s1. The molecule has 100 valence electrons. The van der Waals surface area contributed by atoms with E-state index in [0.29, 0.717) is 6.04 Å². The van der Waals surface area contributed by atoms with Gasteiger partial charge >= 0.3 is 0 Å². The van der Waals surface area contributed by atoms with Crippen LogP contribution in [-0.4, -0.2) is 29.4 Å². The molecule has 2 N–H and O–H groups in total. The molecule has 0 aromatic heterocycles. The lowest BCUT2D eigenvalue weighted by Gasteiger charge is -2.39. The van der Waals surface area contributed by atoms with Crippen LogP contribution in [-0.2, 0) is 4.79 Å². The van der Waals surface area contributed by atoms with E-state index in [1.165, 1.54) is 6.42 Å². The minimum absolute atomic E-state index is 0.148. The molecule has 1 saturated heterocycles. The molecule has 0 radical (unpaired) electrons. The third-order valence-corrected chi connectivity index (χ3v) is 3.73. The van der Waals surface area contributed by atoms with Crippen molar-refractivity contribution in [1.29, 1.82) is 0 Å². The fourth-order valence-corrected chi connectivity index (χ4v) is 2.47. The fraction of sp³-hybridized carbons (Fsp3) is 0.929. The van der Waals surface area contributed by atoms with Crippen molar-refractivity contribution in [3.8, 4) is 0 Å². The van der Waals surface area contributed by atoms with Gasteiger partial charge in [0.1, 0.15) is 0 Å². The Morgan fingerprint density at radius 3 is 2.59 bits per heavy atom. The smallest absolute Gasteiger partial charge is 0.240 e. The molecule has 17 heavy (non-hydrogen) atoms. The molecule has 0 spiro atoms. The Bertz CT molecular complexity index is 255. The van der Waals surface area contributed by atoms with Crippen LogP contribution in [0.4, 0.5) is 0 Å². The highest BCUT2D eigenvalue weighted by molar-refractivity contribution is 5.82. The van der Waals surface area contributed by atoms with Crippen molar-refractivity contribution in [2.45, 2.75) is 71.9 Å². The number of likely N-dealkylation sites (tertiary alicyclic amines) is 1. The lowest BCUT2D eigenvalue weighted by atomic mass is 9.85. The van der Waals surface area contributed by atoms with Crippen molar-refractivity contribution in [1.82, 2.24) is 4.90 Å². The molecule has 0 aromatic rings. The van der Waals surface area contributed by atoms with Crippen LogP contribution in [0.1, 0.15) is 59.8 Å². The van der Waals surface area contributed by atoms with E-state index in [2.05, 4.69) is 6.92 Å². The molecule has 1 heterocycles. The van der Waals surface area contributed by atoms with Crippen LogP contribution in [0.25, 0.3) is 0 Å². The van der Waals surface area contributed by atoms with Gasteiger partial charge in [-0.3, -0.25) is 4.79 Å². The van der Waals surface area contributed by atoms with Crippen molar-refractivity contribution >= 4 is 5.91 Å². The van der Waals surface area contributed by atoms with Gasteiger partial charge < -0.3 is 10.6 Å². The number of carbonyl (C=O) groups is 1. The number of amides is 1. The van der Waals surface area contributed by atoms with Crippen molar-refractivity contribution in [3.63, 3.8) is 0 Å². The number of piperidine rings is 1. The molecule has 3 heteroatoms. The number of nitrogens with zero attached hydrogens (tertiary/aromatic N) is 1. The van der Waals surface area contributed by atoms with E-state index in [1.54, 1.807) is 0 Å². The van der Waals surface area contributed by atoms with Crippen LogP contribution >= 0.6 is 0 Å². The Kier molecular flexibility index (Phi) is 4.99. The first-order chi connectivity index (χ1) is 7.88. The monoisotopic (exact) mass is 240 g/mol. The Morgan fingerprint density at radius 2 is 2.06 bits per heavy atom. The third-order valence-electron chi connectivity index (χ3n) is 3.73. The molecule has 2 atom stereocenters. The predicted molar refractivity (Wildman–Crippen MR) is 71.7 cm³/mol. The topological polar surface area (TPSA) is 46.3 Å². The van der Waals surface area contributed by atoms with Gasteiger partial charge in [-0.25, -0.2) is 0 Å². The molecule has 1 unspecified atom stereocenters. The second-order valence-electron chi connectivity index (χ2n) is 6.31. The second-order valence-corrected chi connectivity index (χ2v) is 6.31. The van der Waals surface area contributed by atoms with E-state index in [1.807, 2.05) is 25.7 Å². The van der Waals surface area contributed by atoms with Gasteiger partial charge in [0, 0.05) is 12.6 Å². The SMILES string of the molecule is CCCC1CCCCN1C(=O)[C@H](N)C(C)(C)C. The maximum absolute atomic E-state index is 12.4. The van der Waals surface area contributed by atoms with Gasteiger partial charge in [-0.2, -0.15) is 0 Å². The minimum Gasteiger partial charge on any atom is -0.338 e. The van der Waals surface area contributed by atoms with E-state index in [0.717, 1.165) is 32.2 Å². The molecular weight excluding hydrogens is 212 g/mol. The summed E-state index contributed by atoms with van der Waals surface area (Å²) in [7, 11) is 0. The van der Waals surface area contributed by atoms with Crippen LogP contribution in [0.2, 0.25) is 0 Å². The van der Waals surface area contributed by atoms with Crippen molar-refractivity contribution in [2.75, 3.05) is 6.54 Å². The normalized spacial score (nSPS) is 23.6. The number of nitrogens with two attached hydrogens (primary N) is 1. The fourth-order valence-electron chi connectivity index (χ4n) is 2.47. The van der Waals surface area contributed by atoms with E-state index in [4.69, 9.17) is 5.73 Å². The Hall–Kier alpha value is -0.570. The van der Waals surface area contributed by atoms with E-state index >= 15 is 0 Å². The molecule has 1 aliphatic heterocycles. The summed E-state index contributed by atoms with van der Waals surface area (Å²) in [6.07, 6.45) is 5.78. The summed E-state index contributed by atoms with van der Waals surface area (Å²) in [5.41, 5.74) is 5.94. The van der Waals surface area contributed by atoms with E-state index in [9.17, 15) is 4.79 Å². The zero-order valence-corrected chi connectivity index (χ0v) is 11.8. The summed E-state index contributed by atoms with van der Waals surface area (Å²) in [6, 6.07) is 0.0506. The zero-order valence-electron chi connectivity index (χ0n) is 11.8. The van der Waals surface area contributed by atoms with Crippen LogP contribution in [0.15, 0.2) is 0 Å². The molecule has 1 aliphatic rings. The number of hydrogen-bond donors (Lipinski definition) is 1. The van der Waals surface area contributed by atoms with Crippen LogP contribution in [0.3, 0.4) is 0 Å². The maximum Gasteiger partial charge on any atom is 0.240 e. The largest absolute Gasteiger partial charge is 0.338 e. The van der Waals surface area contributed by atoms with Gasteiger partial charge in [-0.05, 0) is 31.1 Å². The van der Waals surface area contributed by atoms with Gasteiger partial charge in [0.25, 0.3) is 0 Å². The van der Waals surface area contributed by atoms with Gasteiger partial charge in [0.15, 0.2) is 0 Å². The summed E-state index contributed by atoms with van der Waals surface area (Å²) in [5, 5.41) is 0. The molecule has 3 nitrogen and oxygen atoms in total. The lowest BCUT2D eigenvalue weighted by molar-refractivity contribution is -0.138. The highest BCUT2D eigenvalue weighted by Gasteiger charge is 2.34. The molecule has 0 aliphatic carbocycles. The quantitative estimate of drug-likeness (QED) is 0.824. The van der Waals surface area contributed by atoms with Crippen LogP contribution in [0.5, 0.6) is 0 Å². The van der Waals surface area contributed by atoms with E-state index < -0.39 is 0 Å². The Morgan fingerprint density at radius 1 is 1.41 bits per heavy atom. The molecule has 0 aromatic carbocycles. The first-order valence-electron chi connectivity index (χ1n) is 6.94. The highest BCUT2D eigenvalue weighted by atomic mass is 16.2. The van der Waals surface area contributed by atoms with Gasteiger partial charge in [0.2, 0.25) is 5.91 Å². The van der Waals surface area contributed by atoms with Crippen LogP contribution < -0.4 is 5.73 Å². The summed E-state index contributed by atoms with van der Waals surface area (Å²) in [5.74, 6) is 0.149. The van der Waals surface area contributed by atoms with Crippen molar-refractivity contribution in [3.05, 3.63) is 0 Å². The minimum atomic E-state index is -0.375. The first kappa shape index (κ1) is 14.5. The van der Waals surface area contributed by atoms with Gasteiger partial charge in [-0.1, -0.05) is 34.1 Å². The van der Waals surface area contributed by atoms with E-state index in [-0.39, 0.29) is 17.4 Å². The maximum atomic E-state index is 12.4. The Balaban J connectivity index is 2.71. The van der Waals surface area contributed by atoms with Gasteiger partial charge in [-0.15, -0.1) is 0 Å². The molecule has 0 bridgehead atoms. The Labute approximate surface area is 106 Å². The second kappa shape index (κ2) is 5.85. The zero-order chi connectivity index (χ0) is 13.1. The van der Waals surface area contributed by atoms with Crippen LogP contribution in [0, 0.1) is 5.41 Å². The van der Waals surface area contributed by atoms with Crippen molar-refractivity contribution in [2.24, 2.45) is 11.1 Å². The summed E-state index contributed by atoms with van der Waals surface area (Å²) >= 11 is 0. The average Bonchev–Trinajstić information content (AvgIpc) is 2.27. The molecule has 1 rings (SSSR count). The number of rotatable bonds is 3. The summed E-state index contributed by atoms with van der Waals surface area (Å²) < 4.78 is 0. The molecule has 1 amide bonds. The third kappa shape index (κ3) is 3.70. The molecule has 0 saturated carbocycles. The van der Waals surface area contributed by atoms with Gasteiger partial charge in [0.05, 0.1) is 6.04 Å². The number of carbonyl (C=O) groups excluding carboxylic acids is 1. The average molecular weight is 240 g/mol.